The number of aromatic nitrogens is 1. The zero-order chi connectivity index (χ0) is 27.9. The highest BCUT2D eigenvalue weighted by Gasteiger charge is 2.33. The molecule has 2 fully saturated rings. The number of halogens is 1. The van der Waals surface area contributed by atoms with Crippen molar-refractivity contribution in [3.05, 3.63) is 46.2 Å². The van der Waals surface area contributed by atoms with Crippen molar-refractivity contribution in [1.82, 2.24) is 20.1 Å². The maximum atomic E-state index is 13.3. The Morgan fingerprint density at radius 2 is 1.95 bits per heavy atom. The number of hydrogen-bond donors (Lipinski definition) is 3. The first-order chi connectivity index (χ1) is 18.7. The van der Waals surface area contributed by atoms with Gasteiger partial charge in [0.25, 0.3) is 0 Å². The summed E-state index contributed by atoms with van der Waals surface area (Å²) in [5.41, 5.74) is 1.80. The van der Waals surface area contributed by atoms with E-state index in [-0.39, 0.29) is 42.1 Å². The first-order valence-electron chi connectivity index (χ1n) is 14.1. The van der Waals surface area contributed by atoms with Crippen LogP contribution in [0.1, 0.15) is 54.0 Å². The van der Waals surface area contributed by atoms with Crippen LogP contribution in [0.15, 0.2) is 24.3 Å². The SMILES string of the molecule is CC(=O)c1sc(NC(=O)N[C@@H]2CCN(C[C@@H](C)CO)C[C@H]2CN2CCC[C@@H](Cc3ccc(F)cc3)C2)nc1C. The fourth-order valence-corrected chi connectivity index (χ4v) is 6.85. The molecule has 2 saturated heterocycles. The van der Waals surface area contributed by atoms with Gasteiger partial charge in [0.2, 0.25) is 0 Å². The zero-order valence-electron chi connectivity index (χ0n) is 23.3. The Labute approximate surface area is 235 Å². The summed E-state index contributed by atoms with van der Waals surface area (Å²) in [7, 11) is 0. The van der Waals surface area contributed by atoms with Gasteiger partial charge in [0, 0.05) is 58.2 Å². The van der Waals surface area contributed by atoms with E-state index in [9.17, 15) is 19.1 Å². The molecule has 2 aliphatic heterocycles. The molecule has 0 unspecified atom stereocenters. The second-order valence-corrected chi connectivity index (χ2v) is 12.4. The monoisotopic (exact) mass is 559 g/mol. The van der Waals surface area contributed by atoms with Gasteiger partial charge in [-0.25, -0.2) is 14.2 Å². The molecule has 39 heavy (non-hydrogen) atoms. The number of piperidine rings is 2. The van der Waals surface area contributed by atoms with Gasteiger partial charge in [0.15, 0.2) is 10.9 Å². The van der Waals surface area contributed by atoms with E-state index in [1.165, 1.54) is 36.0 Å². The molecule has 1 aromatic heterocycles. The van der Waals surface area contributed by atoms with Crippen molar-refractivity contribution in [2.45, 2.75) is 52.5 Å². The number of ketones is 1. The number of rotatable bonds is 10. The van der Waals surface area contributed by atoms with E-state index in [4.69, 9.17) is 0 Å². The van der Waals surface area contributed by atoms with Crippen LogP contribution >= 0.6 is 11.3 Å². The number of aliphatic hydroxyl groups is 1. The highest BCUT2D eigenvalue weighted by Crippen LogP contribution is 2.26. The molecule has 2 aromatic rings. The highest BCUT2D eigenvalue weighted by atomic mass is 32.1. The average Bonchev–Trinajstić information content (AvgIpc) is 3.27. The van der Waals surface area contributed by atoms with Crippen LogP contribution in [-0.4, -0.2) is 83.6 Å². The number of carbonyl (C=O) groups excluding carboxylic acids is 2. The molecule has 4 rings (SSSR count). The Kier molecular flexibility index (Phi) is 10.5. The van der Waals surface area contributed by atoms with E-state index in [0.29, 0.717) is 21.6 Å². The van der Waals surface area contributed by atoms with Gasteiger partial charge >= 0.3 is 6.03 Å². The summed E-state index contributed by atoms with van der Waals surface area (Å²) in [5, 5.41) is 16.0. The van der Waals surface area contributed by atoms with Crippen molar-refractivity contribution in [3.8, 4) is 0 Å². The Bertz CT molecular complexity index is 1110. The van der Waals surface area contributed by atoms with Gasteiger partial charge in [-0.05, 0) is 68.7 Å². The van der Waals surface area contributed by atoms with Gasteiger partial charge in [0.05, 0.1) is 10.6 Å². The summed E-state index contributed by atoms with van der Waals surface area (Å²) in [6.45, 7) is 11.0. The third kappa shape index (κ3) is 8.54. The molecule has 1 aromatic carbocycles. The molecule has 3 N–H and O–H groups in total. The maximum Gasteiger partial charge on any atom is 0.321 e. The van der Waals surface area contributed by atoms with E-state index >= 15 is 0 Å². The smallest absolute Gasteiger partial charge is 0.321 e. The van der Waals surface area contributed by atoms with Crippen LogP contribution in [0.5, 0.6) is 0 Å². The molecule has 0 bridgehead atoms. The van der Waals surface area contributed by atoms with Gasteiger partial charge in [-0.3, -0.25) is 10.1 Å². The predicted octanol–water partition coefficient (Wildman–Crippen LogP) is 4.19. The van der Waals surface area contributed by atoms with E-state index in [0.717, 1.165) is 65.0 Å². The van der Waals surface area contributed by atoms with Crippen molar-refractivity contribution >= 4 is 28.3 Å². The minimum absolute atomic E-state index is 0.0106. The van der Waals surface area contributed by atoms with E-state index in [2.05, 4.69) is 32.3 Å². The quantitative estimate of drug-likeness (QED) is 0.378. The van der Waals surface area contributed by atoms with Crippen LogP contribution in [-0.2, 0) is 6.42 Å². The summed E-state index contributed by atoms with van der Waals surface area (Å²) >= 11 is 1.21. The number of thiazole rings is 1. The normalized spacial score (nSPS) is 23.4. The maximum absolute atomic E-state index is 13.3. The molecule has 3 heterocycles. The predicted molar refractivity (Wildman–Crippen MR) is 153 cm³/mol. The van der Waals surface area contributed by atoms with Gasteiger partial charge in [0.1, 0.15) is 5.82 Å². The van der Waals surface area contributed by atoms with Crippen LogP contribution < -0.4 is 10.6 Å². The lowest BCUT2D eigenvalue weighted by Gasteiger charge is -2.43. The van der Waals surface area contributed by atoms with Crippen LogP contribution in [0.2, 0.25) is 0 Å². The number of urea groups is 1. The number of carbonyl (C=O) groups is 2. The number of aliphatic hydroxyl groups excluding tert-OH is 1. The topological polar surface area (TPSA) is 97.8 Å². The summed E-state index contributed by atoms with van der Waals surface area (Å²) in [4.78, 5) is 34.6. The lowest BCUT2D eigenvalue weighted by Crippen LogP contribution is -2.56. The fourth-order valence-electron chi connectivity index (χ4n) is 5.99. The molecule has 0 spiro atoms. The number of aryl methyl sites for hydroxylation is 1. The molecule has 4 atom stereocenters. The van der Waals surface area contributed by atoms with Crippen LogP contribution in [0.4, 0.5) is 14.3 Å². The molecular weight excluding hydrogens is 517 g/mol. The van der Waals surface area contributed by atoms with Gasteiger partial charge < -0.3 is 20.2 Å². The third-order valence-corrected chi connectivity index (χ3v) is 9.06. The first kappa shape index (κ1) is 29.6. The fraction of sp³-hybridized carbons (Fsp3) is 0.621. The molecule has 10 heteroatoms. The minimum atomic E-state index is -0.293. The van der Waals surface area contributed by atoms with E-state index < -0.39 is 0 Å². The summed E-state index contributed by atoms with van der Waals surface area (Å²) in [5.74, 6) is 0.718. The van der Waals surface area contributed by atoms with Gasteiger partial charge in [-0.1, -0.05) is 30.4 Å². The Balaban J connectivity index is 1.38. The summed E-state index contributed by atoms with van der Waals surface area (Å²) in [6, 6.07) is 6.56. The molecule has 2 aliphatic rings. The first-order valence-corrected chi connectivity index (χ1v) is 14.9. The number of hydrogen-bond acceptors (Lipinski definition) is 7. The van der Waals surface area contributed by atoms with Crippen molar-refractivity contribution in [3.63, 3.8) is 0 Å². The van der Waals surface area contributed by atoms with E-state index in [1.54, 1.807) is 6.92 Å². The van der Waals surface area contributed by atoms with Gasteiger partial charge in [-0.2, -0.15) is 0 Å². The lowest BCUT2D eigenvalue weighted by atomic mass is 9.88. The molecule has 0 aliphatic carbocycles. The third-order valence-electron chi connectivity index (χ3n) is 7.89. The number of nitrogens with zero attached hydrogens (tertiary/aromatic N) is 3. The Hall–Kier alpha value is -2.40. The van der Waals surface area contributed by atoms with E-state index in [1.807, 2.05) is 12.1 Å². The Morgan fingerprint density at radius 1 is 1.18 bits per heavy atom. The molecule has 8 nitrogen and oxygen atoms in total. The Morgan fingerprint density at radius 3 is 2.64 bits per heavy atom. The van der Waals surface area contributed by atoms with Crippen LogP contribution in [0, 0.1) is 30.5 Å². The number of amides is 2. The van der Waals surface area contributed by atoms with Crippen LogP contribution in [0.3, 0.4) is 0 Å². The molecule has 0 saturated carbocycles. The standard InChI is InChI=1S/C29H42FN5O3S/c1-19(18-36)14-35-12-10-26(32-28(38)33-29-31-20(2)27(39-29)21(3)37)24(17-35)16-34-11-4-5-23(15-34)13-22-6-8-25(30)9-7-22/h6-9,19,23-24,26,36H,4-5,10-18H2,1-3H3,(H2,31,32,33,38)/t19-,23+,24-,26-/m1/s1. The second kappa shape index (κ2) is 13.8. The van der Waals surface area contributed by atoms with Gasteiger partial charge in [-0.15, -0.1) is 0 Å². The zero-order valence-corrected chi connectivity index (χ0v) is 24.1. The van der Waals surface area contributed by atoms with Crippen molar-refractivity contribution < 1.29 is 19.1 Å². The molecule has 0 radical (unpaired) electrons. The number of Topliss-reactive ketones (excluding diaryl/α,β-unsaturated/α-hetero) is 1. The van der Waals surface area contributed by atoms with Crippen molar-refractivity contribution in [2.24, 2.45) is 17.8 Å². The number of likely N-dealkylation sites (tertiary alicyclic amines) is 2. The molecular formula is C29H42FN5O3S. The largest absolute Gasteiger partial charge is 0.396 e. The van der Waals surface area contributed by atoms with Crippen molar-refractivity contribution in [2.75, 3.05) is 51.2 Å². The highest BCUT2D eigenvalue weighted by molar-refractivity contribution is 7.17. The van der Waals surface area contributed by atoms with Crippen molar-refractivity contribution in [1.29, 1.82) is 0 Å². The number of anilines is 1. The average molecular weight is 560 g/mol. The summed E-state index contributed by atoms with van der Waals surface area (Å²) < 4.78 is 13.3. The second-order valence-electron chi connectivity index (χ2n) is 11.4. The lowest BCUT2D eigenvalue weighted by molar-refractivity contribution is 0.0721. The minimum Gasteiger partial charge on any atom is -0.396 e. The summed E-state index contributed by atoms with van der Waals surface area (Å²) in [6.07, 6.45) is 4.07. The molecule has 2 amide bonds. The number of benzene rings is 1. The molecule has 214 valence electrons. The number of nitrogens with one attached hydrogen (secondary N) is 2. The van der Waals surface area contributed by atoms with Crippen LogP contribution in [0.25, 0.3) is 0 Å².